The van der Waals surface area contributed by atoms with Crippen LogP contribution in [0.15, 0.2) is 91.0 Å². The predicted molar refractivity (Wildman–Crippen MR) is 142 cm³/mol. The smallest absolute Gasteiger partial charge is 0.412 e. The Balaban J connectivity index is 1.68. The lowest BCUT2D eigenvalue weighted by molar-refractivity contribution is -0.131. The standard InChI is InChI=1S/C30H29NO5/c1-30(2,19-8-7-16-27(33)34)28(24-17-18-26(32)23-14-6-5-13-22(23)24)36-29(35)31-25-15-9-11-20-10-3-4-12-21(20)25/h3-7,9-18,28,32H,8,19H2,1-2H3,(H,31,35)(H,33,34)/b16-7+/t28-/m0/s1. The molecule has 0 aliphatic heterocycles. The Hall–Kier alpha value is -4.32. The Labute approximate surface area is 209 Å². The molecule has 0 aromatic heterocycles. The number of benzene rings is 4. The molecule has 0 spiro atoms. The van der Waals surface area contributed by atoms with Crippen molar-refractivity contribution in [3.63, 3.8) is 0 Å². The first-order chi connectivity index (χ1) is 17.3. The molecule has 6 nitrogen and oxygen atoms in total. The van der Waals surface area contributed by atoms with Gasteiger partial charge in [0, 0.05) is 27.8 Å². The van der Waals surface area contributed by atoms with E-state index < -0.39 is 23.6 Å². The van der Waals surface area contributed by atoms with Crippen molar-refractivity contribution in [3.05, 3.63) is 96.6 Å². The maximum Gasteiger partial charge on any atom is 0.412 e. The van der Waals surface area contributed by atoms with E-state index in [-0.39, 0.29) is 5.75 Å². The number of carboxylic acid groups (broad SMARTS) is 1. The van der Waals surface area contributed by atoms with Crippen LogP contribution in [0.2, 0.25) is 0 Å². The average molecular weight is 484 g/mol. The molecule has 0 saturated heterocycles. The largest absolute Gasteiger partial charge is 0.507 e. The average Bonchev–Trinajstić information content (AvgIpc) is 2.86. The van der Waals surface area contributed by atoms with E-state index >= 15 is 0 Å². The molecule has 0 aliphatic rings. The fourth-order valence-corrected chi connectivity index (χ4v) is 4.53. The molecule has 36 heavy (non-hydrogen) atoms. The highest BCUT2D eigenvalue weighted by Crippen LogP contribution is 2.44. The van der Waals surface area contributed by atoms with Gasteiger partial charge in [0.1, 0.15) is 11.9 Å². The molecule has 1 atom stereocenters. The molecule has 0 heterocycles. The van der Waals surface area contributed by atoms with Crippen LogP contribution >= 0.6 is 0 Å². The molecular formula is C30H29NO5. The Morgan fingerprint density at radius 2 is 1.58 bits per heavy atom. The minimum atomic E-state index is -1.00. The molecule has 184 valence electrons. The van der Waals surface area contributed by atoms with E-state index in [2.05, 4.69) is 5.32 Å². The molecule has 6 heteroatoms. The molecule has 3 N–H and O–H groups in total. The molecule has 0 fully saturated rings. The number of aliphatic carboxylic acids is 1. The number of nitrogens with one attached hydrogen (secondary N) is 1. The highest BCUT2D eigenvalue weighted by Gasteiger charge is 2.35. The summed E-state index contributed by atoms with van der Waals surface area (Å²) in [5.41, 5.74) is 0.858. The number of rotatable bonds is 8. The first kappa shape index (κ1) is 24.8. The first-order valence-electron chi connectivity index (χ1n) is 11.8. The summed E-state index contributed by atoms with van der Waals surface area (Å²) in [4.78, 5) is 24.1. The van der Waals surface area contributed by atoms with E-state index in [0.717, 1.165) is 27.8 Å². The van der Waals surface area contributed by atoms with Gasteiger partial charge in [-0.2, -0.15) is 0 Å². The van der Waals surface area contributed by atoms with Gasteiger partial charge in [-0.15, -0.1) is 0 Å². The number of hydrogen-bond acceptors (Lipinski definition) is 4. The van der Waals surface area contributed by atoms with Crippen molar-refractivity contribution in [1.29, 1.82) is 0 Å². The number of carbonyl (C=O) groups excluding carboxylic acids is 1. The lowest BCUT2D eigenvalue weighted by Gasteiger charge is -2.35. The Morgan fingerprint density at radius 3 is 2.33 bits per heavy atom. The second kappa shape index (κ2) is 10.5. The molecule has 0 aliphatic carbocycles. The number of allylic oxidation sites excluding steroid dienone is 1. The summed E-state index contributed by atoms with van der Waals surface area (Å²) in [6.45, 7) is 3.97. The van der Waals surface area contributed by atoms with Gasteiger partial charge < -0.3 is 14.9 Å². The van der Waals surface area contributed by atoms with Crippen LogP contribution in [0.5, 0.6) is 5.75 Å². The maximum absolute atomic E-state index is 13.2. The third kappa shape index (κ3) is 5.49. The van der Waals surface area contributed by atoms with Crippen LogP contribution in [0.4, 0.5) is 10.5 Å². The van der Waals surface area contributed by atoms with E-state index in [1.807, 2.05) is 80.6 Å². The summed E-state index contributed by atoms with van der Waals surface area (Å²) in [5, 5.41) is 25.6. The number of carboxylic acids is 1. The fraction of sp³-hybridized carbons (Fsp3) is 0.200. The van der Waals surface area contributed by atoms with E-state index in [4.69, 9.17) is 9.84 Å². The maximum atomic E-state index is 13.2. The minimum absolute atomic E-state index is 0.149. The van der Waals surface area contributed by atoms with E-state index in [9.17, 15) is 14.7 Å². The van der Waals surface area contributed by atoms with Gasteiger partial charge in [0.05, 0.1) is 5.69 Å². The van der Waals surface area contributed by atoms with Crippen LogP contribution in [0.1, 0.15) is 38.4 Å². The predicted octanol–water partition coefficient (Wildman–Crippen LogP) is 7.44. The highest BCUT2D eigenvalue weighted by molar-refractivity contribution is 6.00. The lowest BCUT2D eigenvalue weighted by atomic mass is 9.77. The molecule has 0 bridgehead atoms. The number of anilines is 1. The Bertz CT molecular complexity index is 1430. The van der Waals surface area contributed by atoms with Gasteiger partial charge in [0.2, 0.25) is 0 Å². The second-order valence-corrected chi connectivity index (χ2v) is 9.42. The Morgan fingerprint density at radius 1 is 0.917 bits per heavy atom. The van der Waals surface area contributed by atoms with Crippen LogP contribution in [-0.4, -0.2) is 22.3 Å². The summed E-state index contributed by atoms with van der Waals surface area (Å²) in [6.07, 6.45) is 2.53. The van der Waals surface area contributed by atoms with Crippen molar-refractivity contribution < 1.29 is 24.5 Å². The van der Waals surface area contributed by atoms with Gasteiger partial charge in [-0.05, 0) is 35.7 Å². The molecule has 0 saturated carbocycles. The summed E-state index contributed by atoms with van der Waals surface area (Å²) < 4.78 is 6.11. The summed E-state index contributed by atoms with van der Waals surface area (Å²) >= 11 is 0. The van der Waals surface area contributed by atoms with Gasteiger partial charge in [-0.25, -0.2) is 9.59 Å². The molecule has 4 aromatic rings. The number of carbonyl (C=O) groups is 2. The summed E-state index contributed by atoms with van der Waals surface area (Å²) in [6, 6.07) is 24.3. The zero-order chi connectivity index (χ0) is 25.7. The van der Waals surface area contributed by atoms with Gasteiger partial charge in [-0.1, -0.05) is 86.7 Å². The van der Waals surface area contributed by atoms with Crippen molar-refractivity contribution in [2.75, 3.05) is 5.32 Å². The van der Waals surface area contributed by atoms with Gasteiger partial charge in [0.15, 0.2) is 0 Å². The third-order valence-corrected chi connectivity index (χ3v) is 6.39. The zero-order valence-corrected chi connectivity index (χ0v) is 20.3. The number of ether oxygens (including phenoxy) is 1. The van der Waals surface area contributed by atoms with Crippen molar-refractivity contribution in [1.82, 2.24) is 0 Å². The van der Waals surface area contributed by atoms with Crippen LogP contribution in [-0.2, 0) is 9.53 Å². The second-order valence-electron chi connectivity index (χ2n) is 9.42. The zero-order valence-electron chi connectivity index (χ0n) is 20.3. The fourth-order valence-electron chi connectivity index (χ4n) is 4.53. The van der Waals surface area contributed by atoms with Gasteiger partial charge in [0.25, 0.3) is 0 Å². The van der Waals surface area contributed by atoms with Crippen molar-refractivity contribution in [3.8, 4) is 5.75 Å². The molecule has 0 radical (unpaired) electrons. The van der Waals surface area contributed by atoms with Crippen LogP contribution in [0.25, 0.3) is 21.5 Å². The van der Waals surface area contributed by atoms with Gasteiger partial charge >= 0.3 is 12.1 Å². The summed E-state index contributed by atoms with van der Waals surface area (Å²) in [7, 11) is 0. The lowest BCUT2D eigenvalue weighted by Crippen LogP contribution is -2.29. The molecule has 4 rings (SSSR count). The molecule has 4 aromatic carbocycles. The van der Waals surface area contributed by atoms with Crippen LogP contribution in [0.3, 0.4) is 0 Å². The van der Waals surface area contributed by atoms with Crippen molar-refractivity contribution in [2.24, 2.45) is 5.41 Å². The number of aromatic hydroxyl groups is 1. The van der Waals surface area contributed by atoms with E-state index in [1.165, 1.54) is 0 Å². The number of phenolic OH excluding ortho intramolecular Hbond substituents is 1. The van der Waals surface area contributed by atoms with Crippen LogP contribution in [0, 0.1) is 5.41 Å². The van der Waals surface area contributed by atoms with E-state index in [0.29, 0.717) is 23.9 Å². The SMILES string of the molecule is CC(C)(CC/C=C/C(=O)O)[C@@H](OC(=O)Nc1cccc2ccccc12)c1ccc(O)c2ccccc12. The topological polar surface area (TPSA) is 95.9 Å². The third-order valence-electron chi connectivity index (χ3n) is 6.39. The minimum Gasteiger partial charge on any atom is -0.507 e. The number of amides is 1. The molecular weight excluding hydrogens is 454 g/mol. The van der Waals surface area contributed by atoms with E-state index in [1.54, 1.807) is 18.2 Å². The van der Waals surface area contributed by atoms with Gasteiger partial charge in [-0.3, -0.25) is 5.32 Å². The molecule has 0 unspecified atom stereocenters. The number of hydrogen-bond donors (Lipinski definition) is 3. The first-order valence-corrected chi connectivity index (χ1v) is 11.8. The van der Waals surface area contributed by atoms with Crippen molar-refractivity contribution >= 4 is 39.3 Å². The number of fused-ring (bicyclic) bond motifs is 2. The van der Waals surface area contributed by atoms with Crippen molar-refractivity contribution in [2.45, 2.75) is 32.8 Å². The van der Waals surface area contributed by atoms with Crippen LogP contribution < -0.4 is 5.32 Å². The normalized spacial score (nSPS) is 12.6. The molecule has 1 amide bonds. The quantitative estimate of drug-likeness (QED) is 0.226. The monoisotopic (exact) mass is 483 g/mol. The summed E-state index contributed by atoms with van der Waals surface area (Å²) in [5.74, 6) is -0.852. The highest BCUT2D eigenvalue weighted by atomic mass is 16.6. The number of phenols is 1. The Kier molecular flexibility index (Phi) is 7.25.